The van der Waals surface area contributed by atoms with Gasteiger partial charge in [0.25, 0.3) is 6.43 Å². The van der Waals surface area contributed by atoms with Crippen LogP contribution in [0.3, 0.4) is 0 Å². The van der Waals surface area contributed by atoms with Crippen LogP contribution in [0.25, 0.3) is 0 Å². The number of carbonyl (C=O) groups is 1. The van der Waals surface area contributed by atoms with Crippen molar-refractivity contribution in [1.82, 2.24) is 4.98 Å². The first-order chi connectivity index (χ1) is 6.99. The van der Waals surface area contributed by atoms with E-state index in [1.807, 2.05) is 0 Å². The van der Waals surface area contributed by atoms with Gasteiger partial charge in [-0.25, -0.2) is 18.6 Å². The van der Waals surface area contributed by atoms with Gasteiger partial charge in [0.15, 0.2) is 0 Å². The normalized spacial score (nSPS) is 10.7. The Morgan fingerprint density at radius 3 is 2.67 bits per heavy atom. The van der Waals surface area contributed by atoms with Crippen LogP contribution in [0.1, 0.15) is 27.9 Å². The van der Waals surface area contributed by atoms with Gasteiger partial charge in [0.2, 0.25) is 0 Å². The van der Waals surface area contributed by atoms with E-state index >= 15 is 0 Å². The monoisotopic (exact) mass is 328 g/mol. The largest absolute Gasteiger partial charge is 0.478 e. The number of rotatable bonds is 3. The van der Waals surface area contributed by atoms with Gasteiger partial charge in [0.1, 0.15) is 3.70 Å². The molecular weight excluding hydrogens is 321 g/mol. The van der Waals surface area contributed by atoms with Crippen molar-refractivity contribution in [1.29, 1.82) is 0 Å². The van der Waals surface area contributed by atoms with Crippen molar-refractivity contribution in [3.8, 4) is 0 Å². The molecule has 1 heterocycles. The molecule has 0 saturated carbocycles. The highest BCUT2D eigenvalue weighted by Crippen LogP contribution is 2.28. The average molecular weight is 328 g/mol. The molecule has 0 spiro atoms. The molecule has 0 radical (unpaired) electrons. The lowest BCUT2D eigenvalue weighted by molar-refractivity contribution is 0.0694. The molecule has 0 atom stereocenters. The Kier molecular flexibility index (Phi) is 3.91. The molecule has 1 aromatic heterocycles. The number of carboxylic acid groups (broad SMARTS) is 1. The fourth-order valence-corrected chi connectivity index (χ4v) is 1.86. The lowest BCUT2D eigenvalue weighted by Gasteiger charge is -2.11. The van der Waals surface area contributed by atoms with Crippen molar-refractivity contribution in [2.45, 2.75) is 13.0 Å². The molecule has 4 nitrogen and oxygen atoms in total. The van der Waals surface area contributed by atoms with Gasteiger partial charge in [-0.3, -0.25) is 0 Å². The summed E-state index contributed by atoms with van der Waals surface area (Å²) in [6.07, 6.45) is -1.74. The standard InChI is InChI=1S/C8H7F2IN2O2/c9-6(10)5-3(1-12)4(8(14)15)2-13-7(5)11/h2,6H,1,12H2,(H,14,15). The minimum absolute atomic E-state index is 0.0584. The number of aromatic carboxylic acids is 1. The third kappa shape index (κ3) is 2.40. The molecule has 15 heavy (non-hydrogen) atoms. The number of nitrogens with two attached hydrogens (primary N) is 1. The summed E-state index contributed by atoms with van der Waals surface area (Å²) >= 11 is 1.63. The fourth-order valence-electron chi connectivity index (χ4n) is 1.16. The predicted molar refractivity (Wildman–Crippen MR) is 56.8 cm³/mol. The first-order valence-electron chi connectivity index (χ1n) is 3.87. The van der Waals surface area contributed by atoms with Crippen LogP contribution >= 0.6 is 22.6 Å². The molecule has 0 amide bonds. The van der Waals surface area contributed by atoms with E-state index in [0.29, 0.717) is 0 Å². The third-order valence-electron chi connectivity index (χ3n) is 1.83. The Bertz CT molecular complexity index is 398. The summed E-state index contributed by atoms with van der Waals surface area (Å²) in [5, 5.41) is 8.75. The van der Waals surface area contributed by atoms with Crippen LogP contribution < -0.4 is 5.73 Å². The summed E-state index contributed by atoms with van der Waals surface area (Å²) in [5.74, 6) is -1.30. The van der Waals surface area contributed by atoms with Crippen molar-refractivity contribution in [2.75, 3.05) is 0 Å². The summed E-state index contributed by atoms with van der Waals surface area (Å²) in [5.41, 5.74) is 4.55. The van der Waals surface area contributed by atoms with Crippen LogP contribution in [0.2, 0.25) is 0 Å². The zero-order valence-corrected chi connectivity index (χ0v) is 9.53. The molecule has 0 fully saturated rings. The Labute approximate surface area is 97.6 Å². The zero-order valence-electron chi connectivity index (χ0n) is 7.38. The summed E-state index contributed by atoms with van der Waals surface area (Å²) in [4.78, 5) is 14.3. The highest BCUT2D eigenvalue weighted by Gasteiger charge is 2.22. The minimum atomic E-state index is -2.78. The topological polar surface area (TPSA) is 76.2 Å². The first kappa shape index (κ1) is 12.2. The molecule has 3 N–H and O–H groups in total. The van der Waals surface area contributed by atoms with Crippen LogP contribution in [0.15, 0.2) is 6.20 Å². The van der Waals surface area contributed by atoms with Gasteiger partial charge >= 0.3 is 5.97 Å². The lowest BCUT2D eigenvalue weighted by Crippen LogP contribution is -2.13. The Balaban J connectivity index is 3.47. The number of aromatic nitrogens is 1. The maximum absolute atomic E-state index is 12.6. The van der Waals surface area contributed by atoms with Crippen molar-refractivity contribution in [2.24, 2.45) is 5.73 Å². The molecule has 0 bridgehead atoms. The lowest BCUT2D eigenvalue weighted by atomic mass is 10.1. The van der Waals surface area contributed by atoms with Crippen molar-refractivity contribution < 1.29 is 18.7 Å². The summed E-state index contributed by atoms with van der Waals surface area (Å²) < 4.78 is 25.3. The third-order valence-corrected chi connectivity index (χ3v) is 2.69. The van der Waals surface area contributed by atoms with E-state index in [9.17, 15) is 13.6 Å². The summed E-state index contributed by atoms with van der Waals surface area (Å²) in [7, 11) is 0. The minimum Gasteiger partial charge on any atom is -0.478 e. The van der Waals surface area contributed by atoms with E-state index in [4.69, 9.17) is 10.8 Å². The number of hydrogen-bond donors (Lipinski definition) is 2. The van der Waals surface area contributed by atoms with Crippen LogP contribution in [0.4, 0.5) is 8.78 Å². The molecule has 0 saturated heterocycles. The highest BCUT2D eigenvalue weighted by atomic mass is 127. The molecule has 82 valence electrons. The predicted octanol–water partition coefficient (Wildman–Crippen LogP) is 1.78. The van der Waals surface area contributed by atoms with Gasteiger partial charge in [0, 0.05) is 12.7 Å². The second kappa shape index (κ2) is 4.79. The van der Waals surface area contributed by atoms with E-state index in [1.165, 1.54) is 0 Å². The zero-order chi connectivity index (χ0) is 11.6. The second-order valence-corrected chi connectivity index (χ2v) is 3.69. The first-order valence-corrected chi connectivity index (χ1v) is 4.95. The smallest absolute Gasteiger partial charge is 0.337 e. The molecule has 0 aliphatic carbocycles. The van der Waals surface area contributed by atoms with Crippen molar-refractivity contribution in [3.05, 3.63) is 26.6 Å². The van der Waals surface area contributed by atoms with Crippen molar-refractivity contribution in [3.63, 3.8) is 0 Å². The molecule has 0 aliphatic rings. The Hall–Kier alpha value is -0.830. The molecular formula is C8H7F2IN2O2. The van der Waals surface area contributed by atoms with Gasteiger partial charge in [-0.15, -0.1) is 0 Å². The number of halogens is 3. The number of hydrogen-bond acceptors (Lipinski definition) is 3. The van der Waals surface area contributed by atoms with Crippen LogP contribution in [0, 0.1) is 3.70 Å². The highest BCUT2D eigenvalue weighted by molar-refractivity contribution is 14.1. The van der Waals surface area contributed by atoms with Crippen molar-refractivity contribution >= 4 is 28.6 Å². The number of pyridine rings is 1. The molecule has 0 aliphatic heterocycles. The molecule has 0 unspecified atom stereocenters. The molecule has 1 aromatic rings. The van der Waals surface area contributed by atoms with E-state index in [2.05, 4.69) is 4.98 Å². The van der Waals surface area contributed by atoms with Crippen LogP contribution in [-0.4, -0.2) is 16.1 Å². The van der Waals surface area contributed by atoms with E-state index < -0.39 is 18.0 Å². The van der Waals surface area contributed by atoms with E-state index in [0.717, 1.165) is 6.20 Å². The maximum Gasteiger partial charge on any atom is 0.337 e. The number of nitrogens with zero attached hydrogens (tertiary/aromatic N) is 1. The van der Waals surface area contributed by atoms with Gasteiger partial charge in [-0.1, -0.05) is 0 Å². The molecule has 7 heteroatoms. The maximum atomic E-state index is 12.6. The fraction of sp³-hybridized carbons (Fsp3) is 0.250. The Morgan fingerprint density at radius 2 is 2.27 bits per heavy atom. The van der Waals surface area contributed by atoms with Gasteiger partial charge in [-0.2, -0.15) is 0 Å². The number of alkyl halides is 2. The van der Waals surface area contributed by atoms with Crippen LogP contribution in [0.5, 0.6) is 0 Å². The summed E-state index contributed by atoms with van der Waals surface area (Å²) in [6.45, 7) is -0.250. The van der Waals surface area contributed by atoms with Gasteiger partial charge in [0.05, 0.1) is 11.1 Å². The van der Waals surface area contributed by atoms with E-state index in [-0.39, 0.29) is 21.4 Å². The van der Waals surface area contributed by atoms with E-state index in [1.54, 1.807) is 22.6 Å². The Morgan fingerprint density at radius 1 is 1.67 bits per heavy atom. The van der Waals surface area contributed by atoms with Crippen LogP contribution in [-0.2, 0) is 6.54 Å². The number of carboxylic acids is 1. The van der Waals surface area contributed by atoms with Gasteiger partial charge < -0.3 is 10.8 Å². The average Bonchev–Trinajstić information content (AvgIpc) is 2.15. The van der Waals surface area contributed by atoms with Gasteiger partial charge in [-0.05, 0) is 28.2 Å². The SMILES string of the molecule is NCc1c(C(=O)O)cnc(I)c1C(F)F. The second-order valence-electron chi connectivity index (χ2n) is 2.66. The molecule has 1 rings (SSSR count). The molecule has 0 aromatic carbocycles. The summed E-state index contributed by atoms with van der Waals surface area (Å²) in [6, 6.07) is 0. The quantitative estimate of drug-likeness (QED) is 0.655.